The zero-order valence-corrected chi connectivity index (χ0v) is 27.6. The van der Waals surface area contributed by atoms with Crippen LogP contribution in [0.1, 0.15) is 6.92 Å². The molecule has 294 valence electrons. The summed E-state index contributed by atoms with van der Waals surface area (Å²) in [7, 11) is 0. The van der Waals surface area contributed by atoms with Gasteiger partial charge in [0, 0.05) is 12.1 Å². The van der Waals surface area contributed by atoms with Crippen LogP contribution in [0, 0.1) is 81.4 Å². The fourth-order valence-electron chi connectivity index (χ4n) is 6.63. The summed E-state index contributed by atoms with van der Waals surface area (Å²) in [5, 5.41) is -2.83. The van der Waals surface area contributed by atoms with Crippen LogP contribution >= 0.6 is 0 Å². The molecule has 24 heteroatoms. The van der Waals surface area contributed by atoms with E-state index in [0.717, 1.165) is 0 Å². The van der Waals surface area contributed by atoms with Gasteiger partial charge in [-0.05, 0) is 13.0 Å². The molecule has 8 bridgehead atoms. The summed E-state index contributed by atoms with van der Waals surface area (Å²) in [6, 6.07) is 0.235. The standard InChI is InChI=1S/C34H8F15N9/c1-2-50-26-12-9(17(40)24(47)25(26)48)30-52-27-4-3-5(35)13(36)14(37)6(4)28(51-27)56-33-10-11(19(42)23(46)22(45)18(10)41)34(58(33)49)57-31-8-7(29(53-31)54-32(12)55-30)15(38)20(43)21(44)16(8)39/h3,50H,2H2,1H3,(H,51,52,53,54,55,56,57). The number of H-pyrrole nitrogens is 1. The van der Waals surface area contributed by atoms with Crippen molar-refractivity contribution in [1.29, 1.82) is 0 Å². The topological polar surface area (TPSA) is 110 Å². The smallest absolute Gasteiger partial charge is 0.198 e. The molecule has 5 heterocycles. The summed E-state index contributed by atoms with van der Waals surface area (Å²) in [5.41, 5.74) is -11.3. The molecule has 0 unspecified atom stereocenters. The molecule has 7 aromatic rings. The molecule has 2 N–H and O–H groups in total. The minimum absolute atomic E-state index is 0.233. The van der Waals surface area contributed by atoms with E-state index in [4.69, 9.17) is 0 Å². The highest BCUT2D eigenvalue weighted by atomic mass is 19.2. The lowest BCUT2D eigenvalue weighted by Crippen LogP contribution is -2.04. The second kappa shape index (κ2) is 12.2. The quantitative estimate of drug-likeness (QED) is 0.102. The van der Waals surface area contributed by atoms with Gasteiger partial charge in [0.2, 0.25) is 0 Å². The number of rotatable bonds is 2. The number of hydrogen-bond donors (Lipinski definition) is 2. The van der Waals surface area contributed by atoms with Crippen molar-refractivity contribution in [1.82, 2.24) is 39.7 Å². The number of nitrogens with one attached hydrogen (secondary N) is 2. The monoisotopic (exact) mass is 827 g/mol. The van der Waals surface area contributed by atoms with Gasteiger partial charge >= 0.3 is 0 Å². The Balaban J connectivity index is 1.62. The fraction of sp³-hybridized carbons (Fsp3) is 0.0588. The van der Waals surface area contributed by atoms with Crippen LogP contribution in [0.3, 0.4) is 0 Å². The van der Waals surface area contributed by atoms with Gasteiger partial charge in [-0.2, -0.15) is 0 Å². The van der Waals surface area contributed by atoms with E-state index in [9.17, 15) is 26.3 Å². The van der Waals surface area contributed by atoms with Gasteiger partial charge in [-0.1, -0.05) is 4.48 Å². The van der Waals surface area contributed by atoms with E-state index in [2.05, 4.69) is 40.2 Å². The van der Waals surface area contributed by atoms with Crippen molar-refractivity contribution in [3.8, 4) is 45.6 Å². The van der Waals surface area contributed by atoms with Crippen LogP contribution in [0.25, 0.3) is 89.7 Å². The maximum absolute atomic E-state index is 16.4. The van der Waals surface area contributed by atoms with E-state index in [1.54, 1.807) is 0 Å². The van der Waals surface area contributed by atoms with E-state index in [1.807, 2.05) is 0 Å². The predicted molar refractivity (Wildman–Crippen MR) is 170 cm³/mol. The van der Waals surface area contributed by atoms with Crippen molar-refractivity contribution in [2.24, 2.45) is 0 Å². The van der Waals surface area contributed by atoms with Crippen LogP contribution in [-0.4, -0.2) is 46.2 Å². The Hall–Kier alpha value is -7.01. The molecule has 58 heavy (non-hydrogen) atoms. The highest BCUT2D eigenvalue weighted by Crippen LogP contribution is 2.44. The third-order valence-electron chi connectivity index (χ3n) is 9.10. The Morgan fingerprint density at radius 2 is 0.897 bits per heavy atom. The van der Waals surface area contributed by atoms with Crippen LogP contribution < -0.4 is 5.32 Å². The molecule has 0 saturated carbocycles. The number of fused-ring (bicyclic) bond motifs is 20. The fourth-order valence-corrected chi connectivity index (χ4v) is 6.63. The molecule has 2 aliphatic rings. The minimum Gasteiger partial charge on any atom is -0.382 e. The number of aromatic amines is 1. The normalized spacial score (nSPS) is 12.2. The molecule has 4 aromatic carbocycles. The molecule has 9 rings (SSSR count). The number of benzene rings is 4. The highest BCUT2D eigenvalue weighted by molar-refractivity contribution is 6.12. The molecule has 0 saturated heterocycles. The predicted octanol–water partition coefficient (Wildman–Crippen LogP) is 9.45. The third-order valence-corrected chi connectivity index (χ3v) is 9.10. The molecule has 9 nitrogen and oxygen atoms in total. The van der Waals surface area contributed by atoms with Gasteiger partial charge in [0.05, 0.1) is 43.9 Å². The van der Waals surface area contributed by atoms with Crippen molar-refractivity contribution in [2.75, 3.05) is 11.9 Å². The second-order valence-corrected chi connectivity index (χ2v) is 12.2. The molecule has 0 atom stereocenters. The van der Waals surface area contributed by atoms with Crippen LogP contribution in [0.15, 0.2) is 6.07 Å². The molecule has 2 aliphatic heterocycles. The maximum Gasteiger partial charge on any atom is 0.198 e. The van der Waals surface area contributed by atoms with Gasteiger partial charge in [0.1, 0.15) is 11.3 Å². The maximum atomic E-state index is 16.4. The van der Waals surface area contributed by atoms with E-state index < -0.39 is 182 Å². The molecule has 3 aromatic heterocycles. The first-order valence-electron chi connectivity index (χ1n) is 15.8. The van der Waals surface area contributed by atoms with Gasteiger partial charge in [0.15, 0.2) is 116 Å². The molecule has 0 spiro atoms. The van der Waals surface area contributed by atoms with E-state index in [-0.39, 0.29) is 12.6 Å². The van der Waals surface area contributed by atoms with Crippen molar-refractivity contribution in [3.05, 3.63) is 87.5 Å². The summed E-state index contributed by atoms with van der Waals surface area (Å²) in [6.45, 7) is 1.12. The number of aromatic nitrogens is 8. The summed E-state index contributed by atoms with van der Waals surface area (Å²) >= 11 is 0. The molecular formula is C34H8F15N9. The average Bonchev–Trinajstić information content (AvgIpc) is 3.91. The molecule has 0 aliphatic carbocycles. The Labute approximate surface area is 307 Å². The van der Waals surface area contributed by atoms with Crippen molar-refractivity contribution < 1.29 is 65.9 Å². The summed E-state index contributed by atoms with van der Waals surface area (Å²) in [4.78, 5) is 23.5. The summed E-state index contributed by atoms with van der Waals surface area (Å²) in [5.74, 6) is -37.1. The first-order valence-corrected chi connectivity index (χ1v) is 15.8. The Kier molecular flexibility index (Phi) is 7.73. The third kappa shape index (κ3) is 4.64. The highest BCUT2D eigenvalue weighted by Gasteiger charge is 2.36. The minimum atomic E-state index is -2.60. The van der Waals surface area contributed by atoms with E-state index in [0.29, 0.717) is 0 Å². The van der Waals surface area contributed by atoms with Crippen LogP contribution in [0.4, 0.5) is 71.6 Å². The first kappa shape index (κ1) is 36.6. The molecular weight excluding hydrogens is 819 g/mol. The summed E-state index contributed by atoms with van der Waals surface area (Å²) in [6.07, 6.45) is 0. The second-order valence-electron chi connectivity index (χ2n) is 12.2. The number of nitrogens with zero attached hydrogens (tertiary/aromatic N) is 7. The van der Waals surface area contributed by atoms with Crippen molar-refractivity contribution in [3.63, 3.8) is 0 Å². The Morgan fingerprint density at radius 3 is 1.47 bits per heavy atom. The lowest BCUT2D eigenvalue weighted by molar-refractivity contribution is 0.398. The van der Waals surface area contributed by atoms with Gasteiger partial charge in [-0.3, -0.25) is 0 Å². The van der Waals surface area contributed by atoms with Crippen molar-refractivity contribution in [2.45, 2.75) is 6.92 Å². The van der Waals surface area contributed by atoms with E-state index in [1.165, 1.54) is 6.92 Å². The largest absolute Gasteiger partial charge is 0.382 e. The number of anilines is 1. The van der Waals surface area contributed by atoms with Gasteiger partial charge in [0.25, 0.3) is 0 Å². The van der Waals surface area contributed by atoms with E-state index >= 15 is 39.6 Å². The zero-order chi connectivity index (χ0) is 41.5. The van der Waals surface area contributed by atoms with Gasteiger partial charge in [-0.25, -0.2) is 91.4 Å². The molecule has 0 radical (unpaired) electrons. The lowest BCUT2D eigenvalue weighted by atomic mass is 10.1. The average molecular weight is 827 g/mol. The van der Waals surface area contributed by atoms with Gasteiger partial charge < -0.3 is 10.3 Å². The molecule has 0 fully saturated rings. The number of hydrogen-bond acceptors (Lipinski definition) is 7. The molecule has 0 amide bonds. The van der Waals surface area contributed by atoms with Crippen LogP contribution in [0.5, 0.6) is 0 Å². The zero-order valence-electron chi connectivity index (χ0n) is 27.6. The number of halogens is 15. The van der Waals surface area contributed by atoms with Gasteiger partial charge in [-0.15, -0.1) is 4.79 Å². The lowest BCUT2D eigenvalue weighted by Gasteiger charge is -2.09. The van der Waals surface area contributed by atoms with Crippen LogP contribution in [-0.2, 0) is 0 Å². The van der Waals surface area contributed by atoms with Crippen molar-refractivity contribution >= 4 is 49.8 Å². The Bertz CT molecular complexity index is 3270. The SMILES string of the molecule is CCNc1c(F)c(F)c(F)c2c3nc4nc(nc5c6c(F)c(F)c(F)c(F)c6c(nc6nc(nc([nH]3)c12)-c1c(F)c(F)c(F)c(F)c1-6)n5F)-c1c-4cc(F)c(F)c1F. The Morgan fingerprint density at radius 1 is 0.466 bits per heavy atom. The first-order chi connectivity index (χ1) is 27.5. The van der Waals surface area contributed by atoms with Crippen LogP contribution in [0.2, 0.25) is 0 Å². The summed E-state index contributed by atoms with van der Waals surface area (Å²) < 4.78 is 229.